The number of hydrogen-bond acceptors (Lipinski definition) is 4. The zero-order valence-corrected chi connectivity index (χ0v) is 12.8. The van der Waals surface area contributed by atoms with Crippen LogP contribution in [-0.4, -0.2) is 31.7 Å². The van der Waals surface area contributed by atoms with E-state index in [2.05, 4.69) is 5.32 Å². The Labute approximate surface area is 130 Å². The zero-order valence-electron chi connectivity index (χ0n) is 12.8. The molecule has 0 atom stereocenters. The van der Waals surface area contributed by atoms with Crippen LogP contribution in [0.4, 0.5) is 0 Å². The van der Waals surface area contributed by atoms with Gasteiger partial charge in [-0.15, -0.1) is 0 Å². The van der Waals surface area contributed by atoms with E-state index in [1.165, 1.54) is 0 Å². The molecule has 0 aromatic heterocycles. The van der Waals surface area contributed by atoms with Gasteiger partial charge in [0.2, 0.25) is 0 Å². The Hall–Kier alpha value is -2.01. The molecule has 1 aliphatic heterocycles. The van der Waals surface area contributed by atoms with Gasteiger partial charge in [-0.3, -0.25) is 4.79 Å². The van der Waals surface area contributed by atoms with Gasteiger partial charge in [0.05, 0.1) is 12.7 Å². The third kappa shape index (κ3) is 3.09. The summed E-state index contributed by atoms with van der Waals surface area (Å²) in [5.74, 6) is 1.34. The molecule has 1 fully saturated rings. The van der Waals surface area contributed by atoms with Gasteiger partial charge in [-0.2, -0.15) is 0 Å². The SMILES string of the molecule is COc1cccc2c1OCC(C(=O)NC1CCC(N)CC1)=C2. The number of benzene rings is 1. The number of methoxy groups -OCH3 is 1. The van der Waals surface area contributed by atoms with Gasteiger partial charge in [-0.05, 0) is 37.8 Å². The molecule has 1 amide bonds. The Balaban J connectivity index is 1.70. The number of ether oxygens (including phenoxy) is 2. The number of nitrogens with two attached hydrogens (primary N) is 1. The number of hydrogen-bond donors (Lipinski definition) is 2. The molecule has 2 aliphatic rings. The Kier molecular flexibility index (Phi) is 4.34. The fourth-order valence-electron chi connectivity index (χ4n) is 3.01. The normalized spacial score (nSPS) is 23.8. The minimum Gasteiger partial charge on any atom is -0.493 e. The summed E-state index contributed by atoms with van der Waals surface area (Å²) in [5, 5.41) is 3.09. The van der Waals surface area contributed by atoms with E-state index >= 15 is 0 Å². The lowest BCUT2D eigenvalue weighted by atomic mass is 9.91. The quantitative estimate of drug-likeness (QED) is 0.894. The first-order valence-corrected chi connectivity index (χ1v) is 7.74. The maximum absolute atomic E-state index is 12.4. The van der Waals surface area contributed by atoms with Crippen LogP contribution >= 0.6 is 0 Å². The van der Waals surface area contributed by atoms with Crippen molar-refractivity contribution >= 4 is 12.0 Å². The van der Waals surface area contributed by atoms with Gasteiger partial charge in [0, 0.05) is 17.6 Å². The molecule has 118 valence electrons. The molecule has 3 N–H and O–H groups in total. The fraction of sp³-hybridized carbons (Fsp3) is 0.471. The molecule has 5 heteroatoms. The van der Waals surface area contributed by atoms with Crippen molar-refractivity contribution in [3.05, 3.63) is 29.3 Å². The number of carbonyl (C=O) groups is 1. The summed E-state index contributed by atoms with van der Waals surface area (Å²) in [6.45, 7) is 0.269. The standard InChI is InChI=1S/C17H22N2O3/c1-21-15-4-2-3-11-9-12(10-22-16(11)15)17(20)19-14-7-5-13(18)6-8-14/h2-4,9,13-14H,5-8,10,18H2,1H3,(H,19,20). The Morgan fingerprint density at radius 2 is 2.09 bits per heavy atom. The van der Waals surface area contributed by atoms with Crippen LogP contribution in [0.2, 0.25) is 0 Å². The molecular formula is C17H22N2O3. The number of carbonyl (C=O) groups excluding carboxylic acids is 1. The summed E-state index contributed by atoms with van der Waals surface area (Å²) in [4.78, 5) is 12.4. The summed E-state index contributed by atoms with van der Waals surface area (Å²) in [5.41, 5.74) is 7.42. The molecule has 0 spiro atoms. The Morgan fingerprint density at radius 1 is 1.32 bits per heavy atom. The molecule has 1 saturated carbocycles. The smallest absolute Gasteiger partial charge is 0.250 e. The molecule has 0 radical (unpaired) electrons. The lowest BCUT2D eigenvalue weighted by molar-refractivity contribution is -0.118. The number of para-hydroxylation sites is 1. The maximum atomic E-state index is 12.4. The minimum absolute atomic E-state index is 0.0473. The molecule has 0 saturated heterocycles. The molecule has 0 bridgehead atoms. The average Bonchev–Trinajstić information content (AvgIpc) is 2.55. The third-order valence-corrected chi connectivity index (χ3v) is 4.33. The number of fused-ring (bicyclic) bond motifs is 1. The number of rotatable bonds is 3. The van der Waals surface area contributed by atoms with Gasteiger partial charge in [-0.1, -0.05) is 12.1 Å². The monoisotopic (exact) mass is 302 g/mol. The molecule has 3 rings (SSSR count). The second kappa shape index (κ2) is 6.40. The summed E-state index contributed by atoms with van der Waals surface area (Å²) in [6, 6.07) is 6.16. The molecule has 1 aliphatic carbocycles. The van der Waals surface area contributed by atoms with Crippen molar-refractivity contribution in [2.75, 3.05) is 13.7 Å². The average molecular weight is 302 g/mol. The van der Waals surface area contributed by atoms with Crippen molar-refractivity contribution in [1.29, 1.82) is 0 Å². The topological polar surface area (TPSA) is 73.6 Å². The van der Waals surface area contributed by atoms with E-state index in [1.807, 2.05) is 24.3 Å². The highest BCUT2D eigenvalue weighted by Gasteiger charge is 2.24. The van der Waals surface area contributed by atoms with Crippen molar-refractivity contribution < 1.29 is 14.3 Å². The lowest BCUT2D eigenvalue weighted by Gasteiger charge is -2.27. The minimum atomic E-state index is -0.0473. The molecule has 22 heavy (non-hydrogen) atoms. The van der Waals surface area contributed by atoms with E-state index in [9.17, 15) is 4.79 Å². The molecule has 1 aromatic rings. The van der Waals surface area contributed by atoms with Crippen molar-refractivity contribution in [3.63, 3.8) is 0 Å². The highest BCUT2D eigenvalue weighted by Crippen LogP contribution is 2.35. The van der Waals surface area contributed by atoms with Gasteiger partial charge in [0.25, 0.3) is 5.91 Å². The van der Waals surface area contributed by atoms with E-state index < -0.39 is 0 Å². The van der Waals surface area contributed by atoms with Crippen LogP contribution in [0.5, 0.6) is 11.5 Å². The first-order valence-electron chi connectivity index (χ1n) is 7.74. The van der Waals surface area contributed by atoms with Crippen LogP contribution in [0, 0.1) is 0 Å². The van der Waals surface area contributed by atoms with E-state index in [0.29, 0.717) is 17.1 Å². The first-order chi connectivity index (χ1) is 10.7. The highest BCUT2D eigenvalue weighted by molar-refractivity contribution is 5.99. The van der Waals surface area contributed by atoms with Crippen LogP contribution in [0.1, 0.15) is 31.2 Å². The Bertz CT molecular complexity index is 590. The predicted octanol–water partition coefficient (Wildman–Crippen LogP) is 1.86. The predicted molar refractivity (Wildman–Crippen MR) is 84.8 cm³/mol. The first kappa shape index (κ1) is 14.9. The second-order valence-corrected chi connectivity index (χ2v) is 5.92. The maximum Gasteiger partial charge on any atom is 0.250 e. The van der Waals surface area contributed by atoms with Gasteiger partial charge in [-0.25, -0.2) is 0 Å². The zero-order chi connectivity index (χ0) is 15.5. The fourth-order valence-corrected chi connectivity index (χ4v) is 3.01. The van der Waals surface area contributed by atoms with E-state index in [0.717, 1.165) is 31.2 Å². The van der Waals surface area contributed by atoms with Crippen LogP contribution in [0.3, 0.4) is 0 Å². The molecule has 5 nitrogen and oxygen atoms in total. The van der Waals surface area contributed by atoms with E-state index in [1.54, 1.807) is 7.11 Å². The summed E-state index contributed by atoms with van der Waals surface area (Å²) >= 11 is 0. The van der Waals surface area contributed by atoms with Crippen molar-refractivity contribution in [1.82, 2.24) is 5.32 Å². The summed E-state index contributed by atoms with van der Waals surface area (Å²) < 4.78 is 11.0. The van der Waals surface area contributed by atoms with E-state index in [-0.39, 0.29) is 24.6 Å². The van der Waals surface area contributed by atoms with E-state index in [4.69, 9.17) is 15.2 Å². The summed E-state index contributed by atoms with van der Waals surface area (Å²) in [7, 11) is 1.61. The highest BCUT2D eigenvalue weighted by atomic mass is 16.5. The van der Waals surface area contributed by atoms with Crippen molar-refractivity contribution in [3.8, 4) is 11.5 Å². The third-order valence-electron chi connectivity index (χ3n) is 4.33. The van der Waals surface area contributed by atoms with Gasteiger partial charge >= 0.3 is 0 Å². The van der Waals surface area contributed by atoms with Gasteiger partial charge < -0.3 is 20.5 Å². The van der Waals surface area contributed by atoms with Crippen molar-refractivity contribution in [2.45, 2.75) is 37.8 Å². The van der Waals surface area contributed by atoms with Gasteiger partial charge in [0.15, 0.2) is 11.5 Å². The molecular weight excluding hydrogens is 280 g/mol. The van der Waals surface area contributed by atoms with Crippen LogP contribution in [-0.2, 0) is 4.79 Å². The lowest BCUT2D eigenvalue weighted by Crippen LogP contribution is -2.41. The molecule has 1 heterocycles. The number of amides is 1. The molecule has 0 unspecified atom stereocenters. The van der Waals surface area contributed by atoms with Gasteiger partial charge in [0.1, 0.15) is 6.61 Å². The Morgan fingerprint density at radius 3 is 2.82 bits per heavy atom. The second-order valence-electron chi connectivity index (χ2n) is 5.92. The number of nitrogens with one attached hydrogen (secondary N) is 1. The van der Waals surface area contributed by atoms with Crippen LogP contribution in [0.15, 0.2) is 23.8 Å². The largest absolute Gasteiger partial charge is 0.493 e. The van der Waals surface area contributed by atoms with Crippen LogP contribution in [0.25, 0.3) is 6.08 Å². The van der Waals surface area contributed by atoms with Crippen molar-refractivity contribution in [2.24, 2.45) is 5.73 Å². The molecule has 1 aromatic carbocycles. The van der Waals surface area contributed by atoms with Crippen LogP contribution < -0.4 is 20.5 Å². The summed E-state index contributed by atoms with van der Waals surface area (Å²) in [6.07, 6.45) is 5.73.